The number of amides is 2. The molecule has 0 bridgehead atoms. The highest BCUT2D eigenvalue weighted by molar-refractivity contribution is 7.80. The molecule has 0 saturated heterocycles. The van der Waals surface area contributed by atoms with Crippen molar-refractivity contribution in [2.75, 3.05) is 11.9 Å². The molecule has 2 aromatic carbocycles. The minimum atomic E-state index is -0.331. The zero-order valence-corrected chi connectivity index (χ0v) is 19.5. The number of carbonyl (C=O) groups excluding carboxylic acids is 2. The Bertz CT molecular complexity index is 938. The molecule has 1 fully saturated rings. The van der Waals surface area contributed by atoms with Gasteiger partial charge in [0.2, 0.25) is 0 Å². The van der Waals surface area contributed by atoms with Gasteiger partial charge >= 0.3 is 0 Å². The highest BCUT2D eigenvalue weighted by Gasteiger charge is 2.19. The third kappa shape index (κ3) is 7.05. The number of carbonyl (C=O) groups is 2. The van der Waals surface area contributed by atoms with E-state index in [9.17, 15) is 9.59 Å². The van der Waals surface area contributed by atoms with Crippen molar-refractivity contribution in [1.82, 2.24) is 10.6 Å². The molecule has 0 radical (unpaired) electrons. The monoisotopic (exact) mass is 453 g/mol. The molecule has 2 amide bonds. The second kappa shape index (κ2) is 11.6. The van der Waals surface area contributed by atoms with Crippen LogP contribution in [0.15, 0.2) is 48.5 Å². The standard InChI is InChI=1S/C25H31N3O3S/c1-17(2)16-31-20-14-12-18(13-15-20)23(29)28-25(32)27-22-11-7-6-10-21(22)24(30)26-19-8-4-3-5-9-19/h6-7,10-15,17,19H,3-5,8-9,16H2,1-2H3,(H,26,30)(H2,27,28,29,32). The molecule has 7 heteroatoms. The summed E-state index contributed by atoms with van der Waals surface area (Å²) in [5.74, 6) is 0.677. The van der Waals surface area contributed by atoms with Gasteiger partial charge in [-0.1, -0.05) is 45.2 Å². The van der Waals surface area contributed by atoms with Gasteiger partial charge in [-0.25, -0.2) is 0 Å². The van der Waals surface area contributed by atoms with Crippen LogP contribution in [-0.2, 0) is 0 Å². The molecular weight excluding hydrogens is 422 g/mol. The van der Waals surface area contributed by atoms with Crippen LogP contribution in [0.1, 0.15) is 66.7 Å². The highest BCUT2D eigenvalue weighted by atomic mass is 32.1. The first-order chi connectivity index (χ1) is 15.4. The first-order valence-corrected chi connectivity index (χ1v) is 11.6. The zero-order chi connectivity index (χ0) is 22.9. The molecule has 0 aliphatic heterocycles. The van der Waals surface area contributed by atoms with E-state index in [1.54, 1.807) is 36.4 Å². The van der Waals surface area contributed by atoms with Crippen LogP contribution in [0, 0.1) is 5.92 Å². The SMILES string of the molecule is CC(C)COc1ccc(C(=O)NC(=S)Nc2ccccc2C(=O)NC2CCCCC2)cc1. The van der Waals surface area contributed by atoms with Crippen LogP contribution in [0.25, 0.3) is 0 Å². The highest BCUT2D eigenvalue weighted by Crippen LogP contribution is 2.20. The van der Waals surface area contributed by atoms with Crippen molar-refractivity contribution in [1.29, 1.82) is 0 Å². The normalized spacial score (nSPS) is 14.0. The number of thiocarbonyl (C=S) groups is 1. The van der Waals surface area contributed by atoms with E-state index in [0.717, 1.165) is 25.7 Å². The van der Waals surface area contributed by atoms with Gasteiger partial charge in [-0.15, -0.1) is 0 Å². The zero-order valence-electron chi connectivity index (χ0n) is 18.6. The predicted molar refractivity (Wildman–Crippen MR) is 131 cm³/mol. The van der Waals surface area contributed by atoms with E-state index < -0.39 is 0 Å². The second-order valence-electron chi connectivity index (χ2n) is 8.49. The first kappa shape index (κ1) is 23.7. The fourth-order valence-electron chi connectivity index (χ4n) is 3.59. The Balaban J connectivity index is 1.57. The Morgan fingerprint density at radius 3 is 2.38 bits per heavy atom. The summed E-state index contributed by atoms with van der Waals surface area (Å²) in [5, 5.41) is 8.91. The lowest BCUT2D eigenvalue weighted by Gasteiger charge is -2.23. The van der Waals surface area contributed by atoms with Gasteiger partial charge in [0.15, 0.2) is 5.11 Å². The molecule has 6 nitrogen and oxygen atoms in total. The number of anilines is 1. The Hall–Kier alpha value is -2.93. The Kier molecular flexibility index (Phi) is 8.62. The van der Waals surface area contributed by atoms with Gasteiger partial charge in [0.25, 0.3) is 11.8 Å². The van der Waals surface area contributed by atoms with E-state index in [1.807, 2.05) is 12.1 Å². The van der Waals surface area contributed by atoms with Crippen molar-refractivity contribution in [3.8, 4) is 5.75 Å². The molecule has 0 unspecified atom stereocenters. The molecule has 2 aromatic rings. The quantitative estimate of drug-likeness (QED) is 0.519. The van der Waals surface area contributed by atoms with Gasteiger partial charge in [-0.3, -0.25) is 14.9 Å². The van der Waals surface area contributed by atoms with E-state index in [0.29, 0.717) is 35.1 Å². The predicted octanol–water partition coefficient (Wildman–Crippen LogP) is 4.91. The molecular formula is C25H31N3O3S. The van der Waals surface area contributed by atoms with E-state index >= 15 is 0 Å². The lowest BCUT2D eigenvalue weighted by molar-refractivity contribution is 0.0927. The lowest BCUT2D eigenvalue weighted by Crippen LogP contribution is -2.37. The van der Waals surface area contributed by atoms with Crippen molar-refractivity contribution in [2.45, 2.75) is 52.0 Å². The maximum atomic E-state index is 12.8. The maximum Gasteiger partial charge on any atom is 0.257 e. The number of ether oxygens (including phenoxy) is 1. The van der Waals surface area contributed by atoms with Crippen LogP contribution in [0.5, 0.6) is 5.75 Å². The molecule has 1 saturated carbocycles. The van der Waals surface area contributed by atoms with E-state index in [2.05, 4.69) is 29.8 Å². The van der Waals surface area contributed by atoms with Gasteiger partial charge in [0, 0.05) is 11.6 Å². The Morgan fingerprint density at radius 1 is 1.00 bits per heavy atom. The fraction of sp³-hybridized carbons (Fsp3) is 0.400. The molecule has 0 atom stereocenters. The largest absolute Gasteiger partial charge is 0.493 e. The van der Waals surface area contributed by atoms with Crippen LogP contribution >= 0.6 is 12.2 Å². The molecule has 32 heavy (non-hydrogen) atoms. The molecule has 0 spiro atoms. The Morgan fingerprint density at radius 2 is 1.69 bits per heavy atom. The Labute approximate surface area is 195 Å². The summed E-state index contributed by atoms with van der Waals surface area (Å²) in [6.45, 7) is 4.77. The molecule has 1 aliphatic carbocycles. The lowest BCUT2D eigenvalue weighted by atomic mass is 9.95. The topological polar surface area (TPSA) is 79.5 Å². The summed E-state index contributed by atoms with van der Waals surface area (Å²) < 4.78 is 5.64. The number of hydrogen-bond acceptors (Lipinski definition) is 4. The molecule has 0 aromatic heterocycles. The van der Waals surface area contributed by atoms with Gasteiger partial charge in [-0.2, -0.15) is 0 Å². The third-order valence-electron chi connectivity index (χ3n) is 5.29. The summed E-state index contributed by atoms with van der Waals surface area (Å²) in [4.78, 5) is 25.3. The summed E-state index contributed by atoms with van der Waals surface area (Å²) in [7, 11) is 0. The van der Waals surface area contributed by atoms with Crippen molar-refractivity contribution in [2.24, 2.45) is 5.92 Å². The minimum Gasteiger partial charge on any atom is -0.493 e. The van der Waals surface area contributed by atoms with Crippen LogP contribution in [-0.4, -0.2) is 29.6 Å². The number of rotatable bonds is 7. The second-order valence-corrected chi connectivity index (χ2v) is 8.90. The maximum absolute atomic E-state index is 12.8. The number of hydrogen-bond donors (Lipinski definition) is 3. The van der Waals surface area contributed by atoms with Crippen molar-refractivity contribution in [3.63, 3.8) is 0 Å². The van der Waals surface area contributed by atoms with Crippen LogP contribution < -0.4 is 20.7 Å². The molecule has 0 heterocycles. The summed E-state index contributed by atoms with van der Waals surface area (Å²) in [5.41, 5.74) is 1.53. The first-order valence-electron chi connectivity index (χ1n) is 11.2. The van der Waals surface area contributed by atoms with E-state index in [-0.39, 0.29) is 23.0 Å². The van der Waals surface area contributed by atoms with Gasteiger partial charge in [0.05, 0.1) is 17.9 Å². The fourth-order valence-corrected chi connectivity index (χ4v) is 3.80. The third-order valence-corrected chi connectivity index (χ3v) is 5.49. The number of benzene rings is 2. The molecule has 3 N–H and O–H groups in total. The summed E-state index contributed by atoms with van der Waals surface area (Å²) in [6.07, 6.45) is 5.54. The van der Waals surface area contributed by atoms with Gasteiger partial charge in [0.1, 0.15) is 5.75 Å². The molecule has 1 aliphatic rings. The van der Waals surface area contributed by atoms with Gasteiger partial charge in [-0.05, 0) is 67.4 Å². The molecule has 170 valence electrons. The van der Waals surface area contributed by atoms with E-state index in [4.69, 9.17) is 17.0 Å². The minimum absolute atomic E-state index is 0.132. The van der Waals surface area contributed by atoms with Crippen LogP contribution in [0.3, 0.4) is 0 Å². The van der Waals surface area contributed by atoms with E-state index in [1.165, 1.54) is 6.42 Å². The smallest absolute Gasteiger partial charge is 0.257 e. The van der Waals surface area contributed by atoms with Crippen LogP contribution in [0.2, 0.25) is 0 Å². The number of nitrogens with one attached hydrogen (secondary N) is 3. The van der Waals surface area contributed by atoms with Gasteiger partial charge < -0.3 is 15.4 Å². The van der Waals surface area contributed by atoms with Crippen molar-refractivity contribution < 1.29 is 14.3 Å². The summed E-state index contributed by atoms with van der Waals surface area (Å²) in [6, 6.07) is 14.3. The molecule has 3 rings (SSSR count). The number of para-hydroxylation sites is 1. The van der Waals surface area contributed by atoms with Crippen molar-refractivity contribution in [3.05, 3.63) is 59.7 Å². The average Bonchev–Trinajstić information content (AvgIpc) is 2.79. The van der Waals surface area contributed by atoms with Crippen LogP contribution in [0.4, 0.5) is 5.69 Å². The summed E-state index contributed by atoms with van der Waals surface area (Å²) >= 11 is 5.32. The van der Waals surface area contributed by atoms with Crippen molar-refractivity contribution >= 4 is 34.8 Å². The average molecular weight is 454 g/mol.